The van der Waals surface area contributed by atoms with Crippen LogP contribution in [0.15, 0.2) is 42.5 Å². The summed E-state index contributed by atoms with van der Waals surface area (Å²) in [7, 11) is 0. The van der Waals surface area contributed by atoms with Crippen LogP contribution in [0.3, 0.4) is 0 Å². The smallest absolute Gasteiger partial charge is 0.124 e. The molecule has 2 aromatic rings. The van der Waals surface area contributed by atoms with E-state index in [1.54, 1.807) is 0 Å². The molecule has 122 valence electrons. The Morgan fingerprint density at radius 2 is 1.87 bits per heavy atom. The number of nitrogens with one attached hydrogen (secondary N) is 2. The van der Waals surface area contributed by atoms with Crippen LogP contribution in [0.1, 0.15) is 18.4 Å². The van der Waals surface area contributed by atoms with E-state index in [1.165, 1.54) is 31.5 Å². The third kappa shape index (κ3) is 4.78. The summed E-state index contributed by atoms with van der Waals surface area (Å²) in [4.78, 5) is 4.36. The van der Waals surface area contributed by atoms with Crippen LogP contribution in [0, 0.1) is 5.92 Å². The number of hydrogen-bond donors (Lipinski definition) is 3. The SMILES string of the molecule is Nc1cccc(-c2ccc(CCNCC3CCNCC3)cc2)n1. The fourth-order valence-electron chi connectivity index (χ4n) is 3.08. The quantitative estimate of drug-likeness (QED) is 0.717. The third-order valence-electron chi connectivity index (χ3n) is 4.50. The monoisotopic (exact) mass is 310 g/mol. The van der Waals surface area contributed by atoms with Crippen LogP contribution in [0.25, 0.3) is 11.3 Å². The first-order valence-electron chi connectivity index (χ1n) is 8.54. The van der Waals surface area contributed by atoms with Gasteiger partial charge in [0.1, 0.15) is 5.82 Å². The summed E-state index contributed by atoms with van der Waals surface area (Å²) in [6.45, 7) is 4.53. The molecule has 0 amide bonds. The van der Waals surface area contributed by atoms with Crippen molar-refractivity contribution in [2.75, 3.05) is 31.9 Å². The minimum Gasteiger partial charge on any atom is -0.384 e. The molecule has 1 fully saturated rings. The number of benzene rings is 1. The highest BCUT2D eigenvalue weighted by atomic mass is 14.9. The minimum atomic E-state index is 0.564. The van der Waals surface area contributed by atoms with Crippen molar-refractivity contribution in [2.24, 2.45) is 5.92 Å². The van der Waals surface area contributed by atoms with Gasteiger partial charge in [-0.2, -0.15) is 0 Å². The molecule has 1 aliphatic heterocycles. The van der Waals surface area contributed by atoms with E-state index in [4.69, 9.17) is 5.73 Å². The van der Waals surface area contributed by atoms with Crippen molar-refractivity contribution >= 4 is 5.82 Å². The molecule has 0 aliphatic carbocycles. The first-order valence-corrected chi connectivity index (χ1v) is 8.54. The summed E-state index contributed by atoms with van der Waals surface area (Å²) in [6.07, 6.45) is 3.67. The number of aromatic nitrogens is 1. The number of piperidine rings is 1. The first kappa shape index (κ1) is 16.0. The van der Waals surface area contributed by atoms with E-state index in [-0.39, 0.29) is 0 Å². The zero-order valence-electron chi connectivity index (χ0n) is 13.6. The molecule has 2 heterocycles. The average Bonchev–Trinajstić information content (AvgIpc) is 2.60. The van der Waals surface area contributed by atoms with Gasteiger partial charge in [0.15, 0.2) is 0 Å². The number of nitrogens with two attached hydrogens (primary N) is 1. The Labute approximate surface area is 138 Å². The number of hydrogen-bond acceptors (Lipinski definition) is 4. The van der Waals surface area contributed by atoms with E-state index >= 15 is 0 Å². The molecule has 0 bridgehead atoms. The lowest BCUT2D eigenvalue weighted by molar-refractivity contribution is 0.358. The van der Waals surface area contributed by atoms with Gasteiger partial charge in [-0.1, -0.05) is 30.3 Å². The topological polar surface area (TPSA) is 63.0 Å². The Balaban J connectivity index is 1.46. The summed E-state index contributed by atoms with van der Waals surface area (Å²) < 4.78 is 0. The molecule has 0 unspecified atom stereocenters. The van der Waals surface area contributed by atoms with Crippen LogP contribution in [0.2, 0.25) is 0 Å². The molecule has 1 aliphatic rings. The fourth-order valence-corrected chi connectivity index (χ4v) is 3.08. The van der Waals surface area contributed by atoms with Crippen molar-refractivity contribution in [1.82, 2.24) is 15.6 Å². The fraction of sp³-hybridized carbons (Fsp3) is 0.421. The van der Waals surface area contributed by atoms with Gasteiger partial charge in [0.2, 0.25) is 0 Å². The molecule has 1 saturated heterocycles. The van der Waals surface area contributed by atoms with E-state index in [9.17, 15) is 0 Å². The molecule has 4 heteroatoms. The second-order valence-corrected chi connectivity index (χ2v) is 6.29. The summed E-state index contributed by atoms with van der Waals surface area (Å²) in [5.74, 6) is 1.40. The largest absolute Gasteiger partial charge is 0.384 e. The predicted molar refractivity (Wildman–Crippen MR) is 96.3 cm³/mol. The Morgan fingerprint density at radius 1 is 1.09 bits per heavy atom. The lowest BCUT2D eigenvalue weighted by atomic mass is 9.98. The second kappa shape index (κ2) is 8.09. The van der Waals surface area contributed by atoms with Gasteiger partial charge >= 0.3 is 0 Å². The lowest BCUT2D eigenvalue weighted by Gasteiger charge is -2.22. The predicted octanol–water partition coefficient (Wildman–Crippen LogP) is 2.46. The highest BCUT2D eigenvalue weighted by Crippen LogP contribution is 2.18. The van der Waals surface area contributed by atoms with Crippen molar-refractivity contribution in [3.63, 3.8) is 0 Å². The van der Waals surface area contributed by atoms with Gasteiger partial charge in [-0.05, 0) is 69.1 Å². The molecule has 1 aromatic carbocycles. The van der Waals surface area contributed by atoms with Crippen molar-refractivity contribution in [2.45, 2.75) is 19.3 Å². The van der Waals surface area contributed by atoms with Crippen molar-refractivity contribution in [3.05, 3.63) is 48.0 Å². The maximum absolute atomic E-state index is 5.75. The van der Waals surface area contributed by atoms with Crippen LogP contribution in [0.4, 0.5) is 5.82 Å². The van der Waals surface area contributed by atoms with Crippen molar-refractivity contribution < 1.29 is 0 Å². The van der Waals surface area contributed by atoms with Crippen molar-refractivity contribution in [1.29, 1.82) is 0 Å². The summed E-state index contributed by atoms with van der Waals surface area (Å²) in [6, 6.07) is 14.4. The highest BCUT2D eigenvalue weighted by molar-refractivity contribution is 5.61. The Kier molecular flexibility index (Phi) is 5.61. The maximum atomic E-state index is 5.75. The molecule has 4 N–H and O–H groups in total. The summed E-state index contributed by atoms with van der Waals surface area (Å²) >= 11 is 0. The Hall–Kier alpha value is -1.91. The number of rotatable bonds is 6. The molecular weight excluding hydrogens is 284 g/mol. The van der Waals surface area contributed by atoms with E-state index < -0.39 is 0 Å². The van der Waals surface area contributed by atoms with Crippen molar-refractivity contribution in [3.8, 4) is 11.3 Å². The summed E-state index contributed by atoms with van der Waals surface area (Å²) in [5.41, 5.74) is 9.15. The minimum absolute atomic E-state index is 0.564. The molecule has 0 spiro atoms. The van der Waals surface area contributed by atoms with Gasteiger partial charge in [0.05, 0.1) is 5.69 Å². The van der Waals surface area contributed by atoms with Crippen LogP contribution >= 0.6 is 0 Å². The lowest BCUT2D eigenvalue weighted by Crippen LogP contribution is -2.34. The Morgan fingerprint density at radius 3 is 2.61 bits per heavy atom. The molecule has 0 saturated carbocycles. The van der Waals surface area contributed by atoms with Gasteiger partial charge in [0.25, 0.3) is 0 Å². The Bertz CT molecular complexity index is 603. The van der Waals surface area contributed by atoms with Gasteiger partial charge < -0.3 is 16.4 Å². The maximum Gasteiger partial charge on any atom is 0.124 e. The van der Waals surface area contributed by atoms with Gasteiger partial charge in [-0.15, -0.1) is 0 Å². The van der Waals surface area contributed by atoms with Gasteiger partial charge in [0, 0.05) is 5.56 Å². The summed E-state index contributed by atoms with van der Waals surface area (Å²) in [5, 5.41) is 7.01. The van der Waals surface area contributed by atoms with Crippen LogP contribution in [0.5, 0.6) is 0 Å². The number of nitrogens with zero attached hydrogens (tertiary/aromatic N) is 1. The number of pyridine rings is 1. The molecule has 0 atom stereocenters. The molecule has 3 rings (SSSR count). The van der Waals surface area contributed by atoms with E-state index in [1.807, 2.05) is 18.2 Å². The normalized spacial score (nSPS) is 15.7. The number of anilines is 1. The van der Waals surface area contributed by atoms with Gasteiger partial charge in [-0.25, -0.2) is 4.98 Å². The van der Waals surface area contributed by atoms with Gasteiger partial charge in [-0.3, -0.25) is 0 Å². The number of nitrogen functional groups attached to an aromatic ring is 1. The van der Waals surface area contributed by atoms with E-state index in [2.05, 4.69) is 39.9 Å². The molecule has 0 radical (unpaired) electrons. The van der Waals surface area contributed by atoms with Crippen LogP contribution in [-0.4, -0.2) is 31.2 Å². The van der Waals surface area contributed by atoms with E-state index in [0.29, 0.717) is 5.82 Å². The molecule has 4 nitrogen and oxygen atoms in total. The first-order chi connectivity index (χ1) is 11.3. The zero-order valence-corrected chi connectivity index (χ0v) is 13.6. The standard InChI is InChI=1S/C19H26N4/c20-19-3-1-2-18(23-19)17-6-4-15(5-7-17)8-13-22-14-16-9-11-21-12-10-16/h1-7,16,21-22H,8-14H2,(H2,20,23). The average molecular weight is 310 g/mol. The second-order valence-electron chi connectivity index (χ2n) is 6.29. The highest BCUT2D eigenvalue weighted by Gasteiger charge is 2.11. The van der Waals surface area contributed by atoms with Crippen LogP contribution in [-0.2, 0) is 6.42 Å². The third-order valence-corrected chi connectivity index (χ3v) is 4.50. The van der Waals surface area contributed by atoms with E-state index in [0.717, 1.165) is 36.7 Å². The zero-order chi connectivity index (χ0) is 15.9. The van der Waals surface area contributed by atoms with Crippen LogP contribution < -0.4 is 16.4 Å². The molecular formula is C19H26N4. The molecule has 23 heavy (non-hydrogen) atoms. The molecule has 1 aromatic heterocycles.